The molecule has 0 saturated carbocycles. The summed E-state index contributed by atoms with van der Waals surface area (Å²) in [5, 5.41) is 0. The molecule has 0 spiro atoms. The Balaban J connectivity index is 1.59. The Labute approximate surface area is 217 Å². The predicted molar refractivity (Wildman–Crippen MR) is 134 cm³/mol. The minimum Gasteiger partial charge on any atom is -0.342 e. The maximum Gasteiger partial charge on any atom is 0.434 e. The standard InChI is InChI=1S/C25H31BrF3N5O2/c1-2-19(32-14-12-31(13-15-32)17-20(35)33-10-6-7-11-33)23-30-22(25(27,28)29)21(26)24(36)34(23)16-18-8-4-3-5-9-18/h3-5,8-9,19H,2,6-7,10-17H2,1H3. The van der Waals surface area contributed by atoms with Crippen molar-refractivity contribution in [3.63, 3.8) is 0 Å². The highest BCUT2D eigenvalue weighted by molar-refractivity contribution is 9.10. The molecule has 1 aromatic carbocycles. The number of hydrogen-bond donors (Lipinski definition) is 0. The van der Waals surface area contributed by atoms with E-state index in [1.54, 1.807) is 0 Å². The van der Waals surface area contributed by atoms with E-state index in [9.17, 15) is 22.8 Å². The van der Waals surface area contributed by atoms with E-state index >= 15 is 0 Å². The van der Waals surface area contributed by atoms with Gasteiger partial charge in [-0.3, -0.25) is 24.0 Å². The number of alkyl halides is 3. The van der Waals surface area contributed by atoms with Gasteiger partial charge in [-0.05, 0) is 40.8 Å². The van der Waals surface area contributed by atoms with Gasteiger partial charge in [0.2, 0.25) is 5.91 Å². The molecule has 2 aliphatic rings. The van der Waals surface area contributed by atoms with Crippen LogP contribution in [0.5, 0.6) is 0 Å². The molecule has 196 valence electrons. The molecule has 2 aromatic rings. The van der Waals surface area contributed by atoms with E-state index in [0.29, 0.717) is 39.1 Å². The molecule has 2 fully saturated rings. The zero-order valence-electron chi connectivity index (χ0n) is 20.3. The average molecular weight is 570 g/mol. The molecule has 0 bridgehead atoms. The Hall–Kier alpha value is -2.24. The summed E-state index contributed by atoms with van der Waals surface area (Å²) in [6.45, 7) is 6.40. The Morgan fingerprint density at radius 3 is 2.28 bits per heavy atom. The minimum absolute atomic E-state index is 0.114. The molecular weight excluding hydrogens is 539 g/mol. The highest BCUT2D eigenvalue weighted by Gasteiger charge is 2.39. The molecule has 1 aromatic heterocycles. The van der Waals surface area contributed by atoms with Crippen molar-refractivity contribution in [2.24, 2.45) is 0 Å². The lowest BCUT2D eigenvalue weighted by Gasteiger charge is -2.39. The fourth-order valence-corrected chi connectivity index (χ4v) is 5.53. The van der Waals surface area contributed by atoms with Crippen LogP contribution < -0.4 is 5.56 Å². The Morgan fingerprint density at radius 2 is 1.69 bits per heavy atom. The zero-order chi connectivity index (χ0) is 25.9. The summed E-state index contributed by atoms with van der Waals surface area (Å²) in [6, 6.07) is 8.69. The van der Waals surface area contributed by atoms with Gasteiger partial charge in [0.1, 0.15) is 10.3 Å². The van der Waals surface area contributed by atoms with Crippen LogP contribution in [0.1, 0.15) is 49.3 Å². The molecule has 7 nitrogen and oxygen atoms in total. The lowest BCUT2D eigenvalue weighted by atomic mass is 10.1. The first-order chi connectivity index (χ1) is 17.2. The molecule has 4 rings (SSSR count). The van der Waals surface area contributed by atoms with Crippen LogP contribution in [0, 0.1) is 0 Å². The van der Waals surface area contributed by atoms with Crippen LogP contribution in [0.4, 0.5) is 13.2 Å². The quantitative estimate of drug-likeness (QED) is 0.508. The number of halogens is 4. The third-order valence-electron chi connectivity index (χ3n) is 6.95. The van der Waals surface area contributed by atoms with Crippen molar-refractivity contribution in [3.8, 4) is 0 Å². The fourth-order valence-electron chi connectivity index (χ4n) is 5.00. The van der Waals surface area contributed by atoms with E-state index in [1.807, 2.05) is 42.2 Å². The predicted octanol–water partition coefficient (Wildman–Crippen LogP) is 3.76. The van der Waals surface area contributed by atoms with Crippen LogP contribution >= 0.6 is 15.9 Å². The van der Waals surface area contributed by atoms with Crippen molar-refractivity contribution in [2.45, 2.75) is 44.9 Å². The lowest BCUT2D eigenvalue weighted by molar-refractivity contribution is -0.142. The highest BCUT2D eigenvalue weighted by Crippen LogP contribution is 2.34. The minimum atomic E-state index is -4.76. The second-order valence-electron chi connectivity index (χ2n) is 9.33. The van der Waals surface area contributed by atoms with E-state index in [2.05, 4.69) is 30.7 Å². The number of amides is 1. The van der Waals surface area contributed by atoms with Crippen LogP contribution in [0.2, 0.25) is 0 Å². The molecule has 2 saturated heterocycles. The zero-order valence-corrected chi connectivity index (χ0v) is 21.9. The van der Waals surface area contributed by atoms with Gasteiger partial charge in [0.05, 0.1) is 19.1 Å². The smallest absolute Gasteiger partial charge is 0.342 e. The van der Waals surface area contributed by atoms with E-state index in [0.717, 1.165) is 31.5 Å². The van der Waals surface area contributed by atoms with E-state index in [1.165, 1.54) is 4.57 Å². The summed E-state index contributed by atoms with van der Waals surface area (Å²) < 4.78 is 42.1. The molecule has 1 amide bonds. The number of aromatic nitrogens is 2. The van der Waals surface area contributed by atoms with Gasteiger partial charge in [0, 0.05) is 39.3 Å². The van der Waals surface area contributed by atoms with Crippen LogP contribution in [-0.4, -0.2) is 76.0 Å². The largest absolute Gasteiger partial charge is 0.434 e. The van der Waals surface area contributed by atoms with Gasteiger partial charge in [0.25, 0.3) is 5.56 Å². The number of benzene rings is 1. The number of hydrogen-bond acceptors (Lipinski definition) is 5. The summed E-state index contributed by atoms with van der Waals surface area (Å²) >= 11 is 2.87. The van der Waals surface area contributed by atoms with E-state index < -0.39 is 27.9 Å². The van der Waals surface area contributed by atoms with Crippen molar-refractivity contribution in [1.82, 2.24) is 24.3 Å². The first-order valence-corrected chi connectivity index (χ1v) is 13.1. The van der Waals surface area contributed by atoms with Gasteiger partial charge in [-0.2, -0.15) is 13.2 Å². The normalized spacial score (nSPS) is 18.5. The Bertz CT molecular complexity index is 1110. The SMILES string of the molecule is CCC(c1nc(C(F)(F)F)c(Br)c(=O)n1Cc1ccccc1)N1CCN(CC(=O)N2CCCC2)CC1. The molecule has 1 atom stereocenters. The van der Waals surface area contributed by atoms with Gasteiger partial charge in [-0.15, -0.1) is 0 Å². The van der Waals surface area contributed by atoms with E-state index in [4.69, 9.17) is 0 Å². The lowest BCUT2D eigenvalue weighted by Crippen LogP contribution is -2.51. The average Bonchev–Trinajstić information content (AvgIpc) is 3.40. The molecule has 0 radical (unpaired) electrons. The molecular formula is C25H31BrF3N5O2. The third-order valence-corrected chi connectivity index (χ3v) is 7.66. The number of piperazine rings is 1. The van der Waals surface area contributed by atoms with Gasteiger partial charge >= 0.3 is 6.18 Å². The van der Waals surface area contributed by atoms with E-state index in [-0.39, 0.29) is 18.3 Å². The molecule has 3 heterocycles. The first-order valence-electron chi connectivity index (χ1n) is 12.3. The summed E-state index contributed by atoms with van der Waals surface area (Å²) in [6.07, 6.45) is -2.18. The second-order valence-corrected chi connectivity index (χ2v) is 10.1. The van der Waals surface area contributed by atoms with Crippen molar-refractivity contribution < 1.29 is 18.0 Å². The molecule has 11 heteroatoms. The molecule has 0 aliphatic carbocycles. The second kappa shape index (κ2) is 11.4. The van der Waals surface area contributed by atoms with Crippen LogP contribution in [0.3, 0.4) is 0 Å². The van der Waals surface area contributed by atoms with Crippen molar-refractivity contribution in [3.05, 3.63) is 62.2 Å². The van der Waals surface area contributed by atoms with Gasteiger partial charge in [-0.1, -0.05) is 37.3 Å². The highest BCUT2D eigenvalue weighted by atomic mass is 79.9. The molecule has 2 aliphatic heterocycles. The number of rotatable bonds is 7. The van der Waals surface area contributed by atoms with Crippen molar-refractivity contribution in [1.29, 1.82) is 0 Å². The maximum absolute atomic E-state index is 13.8. The summed E-state index contributed by atoms with van der Waals surface area (Å²) in [7, 11) is 0. The van der Waals surface area contributed by atoms with Crippen molar-refractivity contribution in [2.75, 3.05) is 45.8 Å². The fraction of sp³-hybridized carbons (Fsp3) is 0.560. The first kappa shape index (κ1) is 26.8. The van der Waals surface area contributed by atoms with Gasteiger partial charge in [-0.25, -0.2) is 4.98 Å². The Morgan fingerprint density at radius 1 is 1.06 bits per heavy atom. The van der Waals surface area contributed by atoms with Gasteiger partial charge in [0.15, 0.2) is 5.69 Å². The summed E-state index contributed by atoms with van der Waals surface area (Å²) in [5.74, 6) is 0.248. The maximum atomic E-state index is 13.8. The third kappa shape index (κ3) is 6.00. The van der Waals surface area contributed by atoms with Crippen LogP contribution in [0.25, 0.3) is 0 Å². The topological polar surface area (TPSA) is 61.7 Å². The monoisotopic (exact) mass is 569 g/mol. The van der Waals surface area contributed by atoms with Crippen molar-refractivity contribution >= 4 is 21.8 Å². The molecule has 0 N–H and O–H groups in total. The number of nitrogens with zero attached hydrogens (tertiary/aromatic N) is 5. The van der Waals surface area contributed by atoms with Crippen LogP contribution in [0.15, 0.2) is 39.6 Å². The number of likely N-dealkylation sites (tertiary alicyclic amines) is 1. The molecule has 1 unspecified atom stereocenters. The summed E-state index contributed by atoms with van der Waals surface area (Å²) in [5.41, 5.74) is -1.14. The summed E-state index contributed by atoms with van der Waals surface area (Å²) in [4.78, 5) is 35.8. The van der Waals surface area contributed by atoms with Gasteiger partial charge < -0.3 is 4.90 Å². The van der Waals surface area contributed by atoms with Crippen LogP contribution in [-0.2, 0) is 17.5 Å². The molecule has 36 heavy (non-hydrogen) atoms. The Kier molecular flexibility index (Phi) is 8.52. The number of carbonyl (C=O) groups excluding carboxylic acids is 1. The number of carbonyl (C=O) groups is 1.